The molecule has 2 heterocycles. The fourth-order valence-electron chi connectivity index (χ4n) is 3.86. The summed E-state index contributed by atoms with van der Waals surface area (Å²) < 4.78 is 19.4. The molecule has 1 saturated heterocycles. The van der Waals surface area contributed by atoms with E-state index < -0.39 is 0 Å². The Balaban J connectivity index is 1.25. The van der Waals surface area contributed by atoms with Crippen molar-refractivity contribution in [3.8, 4) is 0 Å². The fraction of sp³-hybridized carbons (Fsp3) is 0.381. The van der Waals surface area contributed by atoms with Gasteiger partial charge in [-0.25, -0.2) is 9.18 Å². The molecule has 4 nitrogen and oxygen atoms in total. The SMILES string of the molecule is O=C1OC(CCCN2CCN(c3ccccc3F)CC2)c2ccccc21. The van der Waals surface area contributed by atoms with E-state index >= 15 is 0 Å². The predicted molar refractivity (Wildman–Crippen MR) is 98.9 cm³/mol. The second kappa shape index (κ2) is 7.46. The smallest absolute Gasteiger partial charge is 0.339 e. The standard InChI is InChI=1S/C21H23FN2O2/c22-18-8-3-4-9-19(18)24-14-12-23(13-15-24)11-5-10-20-16-6-1-2-7-17(16)21(25)26-20/h1-4,6-9,20H,5,10-15H2. The number of rotatable bonds is 5. The molecule has 2 aliphatic rings. The Hall–Kier alpha value is -2.40. The Bertz CT molecular complexity index is 787. The normalized spacial score (nSPS) is 20.1. The van der Waals surface area contributed by atoms with Crippen LogP contribution in [0.2, 0.25) is 0 Å². The highest BCUT2D eigenvalue weighted by Gasteiger charge is 2.30. The number of nitrogens with zero attached hydrogens (tertiary/aromatic N) is 2. The Labute approximate surface area is 153 Å². The van der Waals surface area contributed by atoms with Crippen molar-refractivity contribution in [1.29, 1.82) is 0 Å². The molecular weight excluding hydrogens is 331 g/mol. The van der Waals surface area contributed by atoms with E-state index in [0.29, 0.717) is 11.3 Å². The van der Waals surface area contributed by atoms with Crippen molar-refractivity contribution in [3.63, 3.8) is 0 Å². The molecule has 0 saturated carbocycles. The zero-order valence-electron chi connectivity index (χ0n) is 14.7. The lowest BCUT2D eigenvalue weighted by molar-refractivity contribution is 0.0358. The summed E-state index contributed by atoms with van der Waals surface area (Å²) in [7, 11) is 0. The van der Waals surface area contributed by atoms with Gasteiger partial charge in [-0.2, -0.15) is 0 Å². The first-order valence-corrected chi connectivity index (χ1v) is 9.24. The molecular formula is C21H23FN2O2. The average Bonchev–Trinajstić information content (AvgIpc) is 2.99. The quantitative estimate of drug-likeness (QED) is 0.768. The van der Waals surface area contributed by atoms with E-state index in [0.717, 1.165) is 51.1 Å². The second-order valence-electron chi connectivity index (χ2n) is 6.90. The predicted octanol–water partition coefficient (Wildman–Crippen LogP) is 3.64. The van der Waals surface area contributed by atoms with E-state index in [9.17, 15) is 9.18 Å². The number of esters is 1. The van der Waals surface area contributed by atoms with Crippen molar-refractivity contribution in [1.82, 2.24) is 4.90 Å². The van der Waals surface area contributed by atoms with E-state index in [4.69, 9.17) is 4.74 Å². The minimum Gasteiger partial charge on any atom is -0.454 e. The molecule has 1 fully saturated rings. The number of hydrogen-bond donors (Lipinski definition) is 0. The van der Waals surface area contributed by atoms with Crippen LogP contribution in [0.25, 0.3) is 0 Å². The molecule has 0 aliphatic carbocycles. The Morgan fingerprint density at radius 3 is 2.54 bits per heavy atom. The molecule has 0 radical (unpaired) electrons. The molecule has 0 spiro atoms. The summed E-state index contributed by atoms with van der Waals surface area (Å²) in [5.74, 6) is -0.355. The summed E-state index contributed by atoms with van der Waals surface area (Å²) >= 11 is 0. The van der Waals surface area contributed by atoms with Crippen molar-refractivity contribution in [2.75, 3.05) is 37.6 Å². The topological polar surface area (TPSA) is 32.8 Å². The number of ether oxygens (including phenoxy) is 1. The highest BCUT2D eigenvalue weighted by molar-refractivity contribution is 5.93. The Morgan fingerprint density at radius 2 is 1.73 bits per heavy atom. The molecule has 2 aromatic rings. The zero-order chi connectivity index (χ0) is 17.9. The first kappa shape index (κ1) is 17.0. The van der Waals surface area contributed by atoms with Gasteiger partial charge < -0.3 is 9.64 Å². The van der Waals surface area contributed by atoms with Crippen molar-refractivity contribution >= 4 is 11.7 Å². The van der Waals surface area contributed by atoms with Crippen LogP contribution in [0.5, 0.6) is 0 Å². The lowest BCUT2D eigenvalue weighted by atomic mass is 10.0. The number of halogens is 1. The molecule has 2 aromatic carbocycles. The molecule has 0 N–H and O–H groups in total. The third kappa shape index (κ3) is 3.44. The maximum absolute atomic E-state index is 13.9. The average molecular weight is 354 g/mol. The first-order valence-electron chi connectivity index (χ1n) is 9.24. The number of fused-ring (bicyclic) bond motifs is 1. The number of hydrogen-bond acceptors (Lipinski definition) is 4. The highest BCUT2D eigenvalue weighted by Crippen LogP contribution is 2.33. The van der Waals surface area contributed by atoms with Gasteiger partial charge in [0.05, 0.1) is 11.3 Å². The van der Waals surface area contributed by atoms with Crippen LogP contribution in [0.1, 0.15) is 34.9 Å². The van der Waals surface area contributed by atoms with Gasteiger partial charge in [-0.1, -0.05) is 30.3 Å². The number of cyclic esters (lactones) is 1. The van der Waals surface area contributed by atoms with Gasteiger partial charge >= 0.3 is 5.97 Å². The van der Waals surface area contributed by atoms with Gasteiger partial charge in [0.1, 0.15) is 11.9 Å². The van der Waals surface area contributed by atoms with E-state index in [-0.39, 0.29) is 17.9 Å². The third-order valence-electron chi connectivity index (χ3n) is 5.28. The number of anilines is 1. The first-order chi connectivity index (χ1) is 12.7. The molecule has 2 aliphatic heterocycles. The Morgan fingerprint density at radius 1 is 1.00 bits per heavy atom. The second-order valence-corrected chi connectivity index (χ2v) is 6.90. The minimum atomic E-state index is -0.205. The summed E-state index contributed by atoms with van der Waals surface area (Å²) in [4.78, 5) is 16.4. The summed E-state index contributed by atoms with van der Waals surface area (Å²) in [6.07, 6.45) is 1.71. The van der Waals surface area contributed by atoms with Crippen LogP contribution in [-0.4, -0.2) is 43.6 Å². The fourth-order valence-corrected chi connectivity index (χ4v) is 3.86. The van der Waals surface area contributed by atoms with Crippen LogP contribution in [0, 0.1) is 5.82 Å². The van der Waals surface area contributed by atoms with Crippen molar-refractivity contribution in [2.24, 2.45) is 0 Å². The van der Waals surface area contributed by atoms with Gasteiger partial charge in [0.2, 0.25) is 0 Å². The number of benzene rings is 2. The molecule has 1 atom stereocenters. The van der Waals surface area contributed by atoms with Crippen LogP contribution in [-0.2, 0) is 4.74 Å². The van der Waals surface area contributed by atoms with Gasteiger partial charge in [0.15, 0.2) is 0 Å². The van der Waals surface area contributed by atoms with Crippen molar-refractivity contribution < 1.29 is 13.9 Å². The van der Waals surface area contributed by atoms with E-state index in [2.05, 4.69) is 9.80 Å². The lowest BCUT2D eigenvalue weighted by Crippen LogP contribution is -2.46. The van der Waals surface area contributed by atoms with Gasteiger partial charge in [0, 0.05) is 31.7 Å². The van der Waals surface area contributed by atoms with Gasteiger partial charge in [-0.05, 0) is 37.6 Å². The molecule has 1 unspecified atom stereocenters. The number of piperazine rings is 1. The molecule has 136 valence electrons. The summed E-state index contributed by atoms with van der Waals surface area (Å²) in [6.45, 7) is 4.50. The zero-order valence-corrected chi connectivity index (χ0v) is 14.7. The van der Waals surface area contributed by atoms with E-state index in [1.54, 1.807) is 6.07 Å². The van der Waals surface area contributed by atoms with Crippen molar-refractivity contribution in [3.05, 3.63) is 65.5 Å². The van der Waals surface area contributed by atoms with Crippen molar-refractivity contribution in [2.45, 2.75) is 18.9 Å². The van der Waals surface area contributed by atoms with Crippen LogP contribution >= 0.6 is 0 Å². The third-order valence-corrected chi connectivity index (χ3v) is 5.28. The monoisotopic (exact) mass is 354 g/mol. The molecule has 5 heteroatoms. The van der Waals surface area contributed by atoms with Gasteiger partial charge in [0.25, 0.3) is 0 Å². The van der Waals surface area contributed by atoms with E-state index in [1.165, 1.54) is 6.07 Å². The maximum Gasteiger partial charge on any atom is 0.339 e. The summed E-state index contributed by atoms with van der Waals surface area (Å²) in [5.41, 5.74) is 2.42. The molecule has 0 amide bonds. The van der Waals surface area contributed by atoms with Crippen LogP contribution in [0.4, 0.5) is 10.1 Å². The van der Waals surface area contributed by atoms with Gasteiger partial charge in [-0.15, -0.1) is 0 Å². The largest absolute Gasteiger partial charge is 0.454 e. The maximum atomic E-state index is 13.9. The Kier molecular flexibility index (Phi) is 4.89. The summed E-state index contributed by atoms with van der Waals surface area (Å²) in [6, 6.07) is 14.6. The molecule has 4 rings (SSSR count). The number of para-hydroxylation sites is 1. The highest BCUT2D eigenvalue weighted by atomic mass is 19.1. The minimum absolute atomic E-state index is 0.113. The molecule has 0 bridgehead atoms. The lowest BCUT2D eigenvalue weighted by Gasteiger charge is -2.36. The molecule has 26 heavy (non-hydrogen) atoms. The number of carbonyl (C=O) groups excluding carboxylic acids is 1. The van der Waals surface area contributed by atoms with Crippen LogP contribution in [0.15, 0.2) is 48.5 Å². The summed E-state index contributed by atoms with van der Waals surface area (Å²) in [5, 5.41) is 0. The van der Waals surface area contributed by atoms with Crippen LogP contribution < -0.4 is 4.90 Å². The van der Waals surface area contributed by atoms with E-state index in [1.807, 2.05) is 36.4 Å². The molecule has 0 aromatic heterocycles. The number of carbonyl (C=O) groups is 1. The van der Waals surface area contributed by atoms with Gasteiger partial charge in [-0.3, -0.25) is 4.90 Å². The van der Waals surface area contributed by atoms with Crippen LogP contribution in [0.3, 0.4) is 0 Å².